The quantitative estimate of drug-likeness (QED) is 0.338. The SMILES string of the molecule is CC(C)c1cccc(C(C)C)c1N1c2cccnc2N(c2c(C(C)C)cccc2C(C)C)C1C(C)(C)C. The summed E-state index contributed by atoms with van der Waals surface area (Å²) in [5.74, 6) is 2.70. The van der Waals surface area contributed by atoms with Crippen molar-refractivity contribution in [3.63, 3.8) is 0 Å². The van der Waals surface area contributed by atoms with E-state index in [1.54, 1.807) is 0 Å². The molecule has 0 N–H and O–H groups in total. The number of benzene rings is 2. The lowest BCUT2D eigenvalue weighted by molar-refractivity contribution is 0.328. The standard InChI is InChI=1S/C34H47N3/c1-21(2)25-15-12-16-26(22(3)4)30(25)36-29-19-14-20-35-32(29)37(33(36)34(9,10)11)31-27(23(5)6)17-13-18-28(31)24(7)8/h12-24,33H,1-11H3. The summed E-state index contributed by atoms with van der Waals surface area (Å²) >= 11 is 0. The van der Waals surface area contributed by atoms with Crippen LogP contribution in [0.4, 0.5) is 22.9 Å². The van der Waals surface area contributed by atoms with E-state index in [0.717, 1.165) is 5.82 Å². The zero-order valence-corrected chi connectivity index (χ0v) is 24.9. The molecule has 0 aliphatic carbocycles. The van der Waals surface area contributed by atoms with Crippen LogP contribution >= 0.6 is 0 Å². The van der Waals surface area contributed by atoms with E-state index in [2.05, 4.69) is 134 Å². The Hall–Kier alpha value is -2.81. The van der Waals surface area contributed by atoms with Gasteiger partial charge in [0.05, 0.1) is 17.1 Å². The molecule has 3 aromatic rings. The number of anilines is 4. The molecule has 1 aliphatic rings. The van der Waals surface area contributed by atoms with Gasteiger partial charge in [0.2, 0.25) is 0 Å². The molecule has 1 aromatic heterocycles. The van der Waals surface area contributed by atoms with Crippen molar-refractivity contribution in [2.75, 3.05) is 9.80 Å². The van der Waals surface area contributed by atoms with Crippen LogP contribution in [0.3, 0.4) is 0 Å². The monoisotopic (exact) mass is 497 g/mol. The number of aromatic nitrogens is 1. The molecule has 2 aromatic carbocycles. The number of para-hydroxylation sites is 2. The first kappa shape index (κ1) is 27.2. The summed E-state index contributed by atoms with van der Waals surface area (Å²) in [5, 5.41) is 0. The Balaban J connectivity index is 2.13. The number of rotatable bonds is 6. The highest BCUT2D eigenvalue weighted by atomic mass is 15.5. The molecule has 3 nitrogen and oxygen atoms in total. The van der Waals surface area contributed by atoms with Crippen LogP contribution in [0.5, 0.6) is 0 Å². The lowest BCUT2D eigenvalue weighted by Gasteiger charge is -2.44. The van der Waals surface area contributed by atoms with Crippen molar-refractivity contribution in [2.45, 2.75) is 106 Å². The average Bonchev–Trinajstić information content (AvgIpc) is 3.18. The van der Waals surface area contributed by atoms with Crippen molar-refractivity contribution in [2.24, 2.45) is 5.41 Å². The van der Waals surface area contributed by atoms with E-state index < -0.39 is 0 Å². The largest absolute Gasteiger partial charge is 0.316 e. The zero-order chi connectivity index (χ0) is 27.2. The second-order valence-electron chi connectivity index (χ2n) is 13.0. The van der Waals surface area contributed by atoms with Gasteiger partial charge in [-0.3, -0.25) is 0 Å². The zero-order valence-electron chi connectivity index (χ0n) is 24.9. The Morgan fingerprint density at radius 3 is 1.38 bits per heavy atom. The minimum atomic E-state index is -0.0582. The van der Waals surface area contributed by atoms with Gasteiger partial charge in [0.1, 0.15) is 6.17 Å². The van der Waals surface area contributed by atoms with Gasteiger partial charge in [0.15, 0.2) is 5.82 Å². The van der Waals surface area contributed by atoms with E-state index in [4.69, 9.17) is 4.98 Å². The van der Waals surface area contributed by atoms with Gasteiger partial charge < -0.3 is 9.80 Å². The molecule has 0 bridgehead atoms. The number of pyridine rings is 1. The highest BCUT2D eigenvalue weighted by molar-refractivity contribution is 5.90. The van der Waals surface area contributed by atoms with Crippen LogP contribution in [0.2, 0.25) is 0 Å². The average molecular weight is 498 g/mol. The smallest absolute Gasteiger partial charge is 0.158 e. The third kappa shape index (κ3) is 4.78. The Labute approximate surface area is 225 Å². The van der Waals surface area contributed by atoms with Crippen LogP contribution < -0.4 is 9.80 Å². The van der Waals surface area contributed by atoms with Gasteiger partial charge in [-0.15, -0.1) is 0 Å². The van der Waals surface area contributed by atoms with Gasteiger partial charge in [0, 0.05) is 11.6 Å². The van der Waals surface area contributed by atoms with Gasteiger partial charge in [0.25, 0.3) is 0 Å². The first-order valence-electron chi connectivity index (χ1n) is 14.1. The molecule has 2 heterocycles. The van der Waals surface area contributed by atoms with Crippen LogP contribution in [0.15, 0.2) is 54.7 Å². The van der Waals surface area contributed by atoms with Gasteiger partial charge in [-0.1, -0.05) is 113 Å². The topological polar surface area (TPSA) is 19.4 Å². The predicted molar refractivity (Wildman–Crippen MR) is 161 cm³/mol. The molecular formula is C34H47N3. The Morgan fingerprint density at radius 1 is 0.595 bits per heavy atom. The first-order valence-corrected chi connectivity index (χ1v) is 14.1. The maximum atomic E-state index is 5.09. The van der Waals surface area contributed by atoms with Crippen LogP contribution in [0, 0.1) is 5.41 Å². The van der Waals surface area contributed by atoms with Crippen LogP contribution in [0.25, 0.3) is 0 Å². The maximum absolute atomic E-state index is 5.09. The third-order valence-corrected chi connectivity index (χ3v) is 7.68. The highest BCUT2D eigenvalue weighted by Crippen LogP contribution is 2.55. The van der Waals surface area contributed by atoms with E-state index in [9.17, 15) is 0 Å². The fourth-order valence-corrected chi connectivity index (χ4v) is 5.95. The number of hydrogen-bond acceptors (Lipinski definition) is 3. The Morgan fingerprint density at radius 2 is 1.00 bits per heavy atom. The molecule has 0 amide bonds. The molecule has 37 heavy (non-hydrogen) atoms. The van der Waals surface area contributed by atoms with Crippen molar-refractivity contribution >= 4 is 22.9 Å². The van der Waals surface area contributed by atoms with E-state index in [1.165, 1.54) is 39.3 Å². The Kier molecular flexibility index (Phi) is 7.48. The highest BCUT2D eigenvalue weighted by Gasteiger charge is 2.47. The summed E-state index contributed by atoms with van der Waals surface area (Å²) in [6.07, 6.45) is 2.03. The fraction of sp³-hybridized carbons (Fsp3) is 0.500. The normalized spacial score (nSPS) is 16.0. The minimum absolute atomic E-state index is 0.0582. The van der Waals surface area contributed by atoms with Crippen LogP contribution in [-0.4, -0.2) is 11.1 Å². The van der Waals surface area contributed by atoms with Crippen molar-refractivity contribution < 1.29 is 0 Å². The molecule has 0 saturated carbocycles. The summed E-state index contributed by atoms with van der Waals surface area (Å²) in [6, 6.07) is 18.1. The van der Waals surface area contributed by atoms with Crippen molar-refractivity contribution in [3.8, 4) is 0 Å². The van der Waals surface area contributed by atoms with Crippen LogP contribution in [0.1, 0.15) is 122 Å². The molecule has 1 aliphatic heterocycles. The summed E-state index contributed by atoms with van der Waals surface area (Å²) < 4.78 is 0. The number of fused-ring (bicyclic) bond motifs is 1. The maximum Gasteiger partial charge on any atom is 0.158 e. The Bertz CT molecular complexity index is 1100. The van der Waals surface area contributed by atoms with Crippen molar-refractivity contribution in [1.29, 1.82) is 0 Å². The lowest BCUT2D eigenvalue weighted by Crippen LogP contribution is -2.49. The number of hydrogen-bond donors (Lipinski definition) is 0. The summed E-state index contributed by atoms with van der Waals surface area (Å²) in [4.78, 5) is 10.3. The van der Waals surface area contributed by atoms with Gasteiger partial charge in [-0.05, 0) is 58.1 Å². The number of nitrogens with zero attached hydrogens (tertiary/aromatic N) is 3. The molecular weight excluding hydrogens is 450 g/mol. The van der Waals surface area contributed by atoms with E-state index in [0.29, 0.717) is 23.7 Å². The van der Waals surface area contributed by atoms with Gasteiger partial charge in [-0.2, -0.15) is 0 Å². The molecule has 4 rings (SSSR count). The third-order valence-electron chi connectivity index (χ3n) is 7.68. The molecule has 0 spiro atoms. The molecule has 3 heteroatoms. The second-order valence-corrected chi connectivity index (χ2v) is 13.0. The summed E-state index contributed by atoms with van der Waals surface area (Å²) in [6.45, 7) is 25.7. The van der Waals surface area contributed by atoms with E-state index in [1.807, 2.05) is 6.20 Å². The van der Waals surface area contributed by atoms with Gasteiger partial charge in [-0.25, -0.2) is 4.98 Å². The molecule has 0 saturated heterocycles. The van der Waals surface area contributed by atoms with E-state index >= 15 is 0 Å². The lowest BCUT2D eigenvalue weighted by atomic mass is 9.86. The van der Waals surface area contributed by atoms with Gasteiger partial charge >= 0.3 is 0 Å². The first-order chi connectivity index (χ1) is 17.4. The predicted octanol–water partition coefficient (Wildman–Crippen LogP) is 10.2. The van der Waals surface area contributed by atoms with Crippen LogP contribution in [-0.2, 0) is 0 Å². The van der Waals surface area contributed by atoms with E-state index in [-0.39, 0.29) is 11.6 Å². The molecule has 1 unspecified atom stereocenters. The molecule has 1 atom stereocenters. The second kappa shape index (κ2) is 10.2. The van der Waals surface area contributed by atoms with Crippen molar-refractivity contribution in [1.82, 2.24) is 4.98 Å². The molecule has 198 valence electrons. The molecule has 0 fully saturated rings. The fourth-order valence-electron chi connectivity index (χ4n) is 5.95. The minimum Gasteiger partial charge on any atom is -0.316 e. The summed E-state index contributed by atoms with van der Waals surface area (Å²) in [5.41, 5.74) is 9.42. The molecule has 0 radical (unpaired) electrons. The van der Waals surface area contributed by atoms with Crippen molar-refractivity contribution in [3.05, 3.63) is 77.0 Å². The summed E-state index contributed by atoms with van der Waals surface area (Å²) in [7, 11) is 0.